The molecule has 0 saturated carbocycles. The number of anilines is 2. The van der Waals surface area contributed by atoms with E-state index in [9.17, 15) is 9.59 Å². The lowest BCUT2D eigenvalue weighted by Gasteiger charge is -2.39. The average molecular weight is 591 g/mol. The SMILES string of the molecule is Cc1ccc(-n2nc(C(C)(C)C)cc2NC(=O)Nc2cccc(CC3CC4CCC(C3)N4C(=O)c3cccnc3C)c2)cc1. The highest BCUT2D eigenvalue weighted by molar-refractivity contribution is 5.99. The third-order valence-corrected chi connectivity index (χ3v) is 9.01. The van der Waals surface area contributed by atoms with Crippen molar-refractivity contribution in [3.05, 3.63) is 101 Å². The average Bonchev–Trinajstić information content (AvgIpc) is 3.52. The molecule has 2 N–H and O–H groups in total. The Morgan fingerprint density at radius 1 is 0.909 bits per heavy atom. The van der Waals surface area contributed by atoms with Crippen molar-refractivity contribution in [3.8, 4) is 5.69 Å². The van der Waals surface area contributed by atoms with Gasteiger partial charge < -0.3 is 10.2 Å². The van der Waals surface area contributed by atoms with Crippen LogP contribution in [0.4, 0.5) is 16.3 Å². The second kappa shape index (κ2) is 11.9. The van der Waals surface area contributed by atoms with Gasteiger partial charge in [0.05, 0.1) is 16.9 Å². The van der Waals surface area contributed by atoms with E-state index in [-0.39, 0.29) is 29.4 Å². The van der Waals surface area contributed by atoms with Crippen molar-refractivity contribution in [2.24, 2.45) is 5.92 Å². The minimum atomic E-state index is -0.313. The molecule has 0 aliphatic carbocycles. The number of nitrogens with one attached hydrogen (secondary N) is 2. The molecule has 2 bridgehead atoms. The Balaban J connectivity index is 1.11. The Labute approximate surface area is 259 Å². The van der Waals surface area contributed by atoms with Crippen molar-refractivity contribution < 1.29 is 9.59 Å². The highest BCUT2D eigenvalue weighted by Gasteiger charge is 2.43. The van der Waals surface area contributed by atoms with Crippen LogP contribution in [-0.4, -0.2) is 43.7 Å². The van der Waals surface area contributed by atoms with Crippen LogP contribution in [0.3, 0.4) is 0 Å². The van der Waals surface area contributed by atoms with Crippen molar-refractivity contribution >= 4 is 23.4 Å². The van der Waals surface area contributed by atoms with E-state index in [0.717, 1.165) is 66.0 Å². The minimum absolute atomic E-state index is 0.122. The van der Waals surface area contributed by atoms with Gasteiger partial charge in [-0.15, -0.1) is 0 Å². The van der Waals surface area contributed by atoms with Crippen LogP contribution < -0.4 is 10.6 Å². The summed E-state index contributed by atoms with van der Waals surface area (Å²) in [6.07, 6.45) is 6.78. The Kier molecular flexibility index (Phi) is 8.01. The second-order valence-corrected chi connectivity index (χ2v) is 13.5. The molecule has 8 nitrogen and oxygen atoms in total. The Bertz CT molecular complexity index is 1650. The van der Waals surface area contributed by atoms with Gasteiger partial charge in [-0.3, -0.25) is 15.1 Å². The Hall–Kier alpha value is -4.46. The van der Waals surface area contributed by atoms with E-state index in [2.05, 4.69) is 53.4 Å². The zero-order valence-electron chi connectivity index (χ0n) is 26.3. The Morgan fingerprint density at radius 2 is 1.64 bits per heavy atom. The fourth-order valence-electron chi connectivity index (χ4n) is 6.74. The van der Waals surface area contributed by atoms with Gasteiger partial charge in [-0.05, 0) is 93.8 Å². The first-order valence-corrected chi connectivity index (χ1v) is 15.6. The molecular weight excluding hydrogens is 548 g/mol. The normalized spacial score (nSPS) is 19.6. The van der Waals surface area contributed by atoms with E-state index in [0.29, 0.717) is 11.7 Å². The van der Waals surface area contributed by atoms with Gasteiger partial charge >= 0.3 is 6.03 Å². The molecule has 4 heterocycles. The summed E-state index contributed by atoms with van der Waals surface area (Å²) in [6.45, 7) is 10.3. The fourth-order valence-corrected chi connectivity index (χ4v) is 6.74. The van der Waals surface area contributed by atoms with Crippen LogP contribution in [0.25, 0.3) is 5.69 Å². The maximum atomic E-state index is 13.4. The molecule has 2 unspecified atom stereocenters. The van der Waals surface area contributed by atoms with Crippen LogP contribution >= 0.6 is 0 Å². The molecule has 6 rings (SSSR count). The Morgan fingerprint density at radius 3 is 2.32 bits per heavy atom. The highest BCUT2D eigenvalue weighted by atomic mass is 16.2. The molecule has 0 radical (unpaired) electrons. The summed E-state index contributed by atoms with van der Waals surface area (Å²) >= 11 is 0. The van der Waals surface area contributed by atoms with E-state index in [1.54, 1.807) is 10.9 Å². The van der Waals surface area contributed by atoms with Crippen molar-refractivity contribution in [1.82, 2.24) is 19.7 Å². The molecule has 2 aromatic carbocycles. The van der Waals surface area contributed by atoms with Crippen molar-refractivity contribution in [2.75, 3.05) is 10.6 Å². The number of aryl methyl sites for hydroxylation is 2. The molecular formula is C36H42N6O2. The number of pyridine rings is 1. The van der Waals surface area contributed by atoms with Gasteiger partial charge in [0.15, 0.2) is 0 Å². The number of hydrogen-bond donors (Lipinski definition) is 2. The predicted molar refractivity (Wildman–Crippen MR) is 174 cm³/mol. The summed E-state index contributed by atoms with van der Waals surface area (Å²) in [7, 11) is 0. The van der Waals surface area contributed by atoms with Gasteiger partial charge in [-0.2, -0.15) is 5.10 Å². The van der Waals surface area contributed by atoms with Gasteiger partial charge in [0, 0.05) is 41.1 Å². The number of piperidine rings is 1. The zero-order chi connectivity index (χ0) is 31.0. The van der Waals surface area contributed by atoms with E-state index in [4.69, 9.17) is 5.10 Å². The summed E-state index contributed by atoms with van der Waals surface area (Å²) < 4.78 is 1.79. The van der Waals surface area contributed by atoms with E-state index in [1.165, 1.54) is 5.56 Å². The van der Waals surface area contributed by atoms with Crippen molar-refractivity contribution in [3.63, 3.8) is 0 Å². The summed E-state index contributed by atoms with van der Waals surface area (Å²) in [5.41, 5.74) is 6.23. The second-order valence-electron chi connectivity index (χ2n) is 13.5. The molecule has 2 saturated heterocycles. The summed E-state index contributed by atoms with van der Waals surface area (Å²) in [4.78, 5) is 33.1. The molecule has 44 heavy (non-hydrogen) atoms. The lowest BCUT2D eigenvalue weighted by molar-refractivity contribution is 0.0523. The van der Waals surface area contributed by atoms with Gasteiger partial charge in [0.2, 0.25) is 0 Å². The van der Waals surface area contributed by atoms with Crippen LogP contribution in [-0.2, 0) is 11.8 Å². The summed E-state index contributed by atoms with van der Waals surface area (Å²) in [6, 6.07) is 22.1. The van der Waals surface area contributed by atoms with Crippen molar-refractivity contribution in [1.29, 1.82) is 0 Å². The molecule has 2 aliphatic heterocycles. The third kappa shape index (κ3) is 6.25. The van der Waals surface area contributed by atoms with Gasteiger partial charge in [0.25, 0.3) is 5.91 Å². The number of rotatable bonds is 6. The van der Waals surface area contributed by atoms with Crippen molar-refractivity contribution in [2.45, 2.75) is 84.2 Å². The van der Waals surface area contributed by atoms with Crippen LogP contribution in [0.15, 0.2) is 72.9 Å². The number of carbonyl (C=O) groups is 2. The number of fused-ring (bicyclic) bond motifs is 2. The highest BCUT2D eigenvalue weighted by Crippen LogP contribution is 2.41. The molecule has 8 heteroatoms. The molecule has 2 atom stereocenters. The number of aromatic nitrogens is 3. The number of amides is 3. The quantitative estimate of drug-likeness (QED) is 0.244. The summed E-state index contributed by atoms with van der Waals surface area (Å²) in [5.74, 6) is 1.23. The van der Waals surface area contributed by atoms with E-state index in [1.807, 2.05) is 68.4 Å². The fraction of sp³-hybridized carbons (Fsp3) is 0.389. The lowest BCUT2D eigenvalue weighted by atomic mass is 9.85. The molecule has 4 aromatic rings. The number of benzene rings is 2. The molecule has 2 aliphatic rings. The first kappa shape index (κ1) is 29.6. The van der Waals surface area contributed by atoms with E-state index < -0.39 is 0 Å². The molecule has 2 aromatic heterocycles. The number of hydrogen-bond acceptors (Lipinski definition) is 4. The van der Waals surface area contributed by atoms with Gasteiger partial charge in [-0.25, -0.2) is 9.48 Å². The standard InChI is InChI=1S/C36H42N6O2/c1-23-11-13-28(14-12-23)42-33(22-32(40-42)36(3,4)5)39-35(44)38-27-9-6-8-25(19-27)18-26-20-29-15-16-30(21-26)41(29)34(43)31-10-7-17-37-24(31)2/h6-14,17,19,22,26,29-30H,15-16,18,20-21H2,1-5H3,(H2,38,39,44). The van der Waals surface area contributed by atoms with Crippen LogP contribution in [0.2, 0.25) is 0 Å². The number of nitrogens with zero attached hydrogens (tertiary/aromatic N) is 4. The minimum Gasteiger partial charge on any atom is -0.333 e. The third-order valence-electron chi connectivity index (χ3n) is 9.01. The van der Waals surface area contributed by atoms with Crippen LogP contribution in [0.1, 0.15) is 79.3 Å². The number of urea groups is 1. The molecule has 228 valence electrons. The predicted octanol–water partition coefficient (Wildman–Crippen LogP) is 7.45. The largest absolute Gasteiger partial charge is 0.333 e. The van der Waals surface area contributed by atoms with Gasteiger partial charge in [-0.1, -0.05) is 50.6 Å². The monoisotopic (exact) mass is 590 g/mol. The molecule has 2 fully saturated rings. The maximum absolute atomic E-state index is 13.4. The maximum Gasteiger partial charge on any atom is 0.324 e. The van der Waals surface area contributed by atoms with Gasteiger partial charge in [0.1, 0.15) is 5.82 Å². The van der Waals surface area contributed by atoms with Crippen LogP contribution in [0, 0.1) is 19.8 Å². The molecule has 3 amide bonds. The first-order valence-electron chi connectivity index (χ1n) is 15.6. The topological polar surface area (TPSA) is 92.2 Å². The first-order chi connectivity index (χ1) is 21.0. The molecule has 0 spiro atoms. The number of carbonyl (C=O) groups excluding carboxylic acids is 2. The van der Waals surface area contributed by atoms with E-state index >= 15 is 0 Å². The lowest BCUT2D eigenvalue weighted by Crippen LogP contribution is -2.47. The smallest absolute Gasteiger partial charge is 0.324 e. The summed E-state index contributed by atoms with van der Waals surface area (Å²) in [5, 5.41) is 10.9. The van der Waals surface area contributed by atoms with Crippen LogP contribution in [0.5, 0.6) is 0 Å². The zero-order valence-corrected chi connectivity index (χ0v) is 26.3.